The highest BCUT2D eigenvalue weighted by Crippen LogP contribution is 2.42. The Balaban J connectivity index is 0.00000312. The van der Waals surface area contributed by atoms with Gasteiger partial charge in [-0.15, -0.1) is 24.0 Å². The van der Waals surface area contributed by atoms with Crippen molar-refractivity contribution in [2.24, 2.45) is 0 Å². The van der Waals surface area contributed by atoms with E-state index in [9.17, 15) is 0 Å². The van der Waals surface area contributed by atoms with Crippen LogP contribution in [0.4, 0.5) is 5.69 Å². The first-order chi connectivity index (χ1) is 11.6. The van der Waals surface area contributed by atoms with E-state index in [4.69, 9.17) is 24.4 Å². The highest BCUT2D eigenvalue weighted by atomic mass is 127. The van der Waals surface area contributed by atoms with Crippen LogP contribution in [-0.2, 0) is 0 Å². The van der Waals surface area contributed by atoms with Crippen molar-refractivity contribution in [3.8, 4) is 28.7 Å². The van der Waals surface area contributed by atoms with Crippen molar-refractivity contribution in [3.63, 3.8) is 0 Å². The summed E-state index contributed by atoms with van der Waals surface area (Å²) in [5, 5.41) is 11.1. The molecule has 0 aliphatic heterocycles. The van der Waals surface area contributed by atoms with Crippen molar-refractivity contribution in [2.45, 2.75) is 0 Å². The van der Waals surface area contributed by atoms with Gasteiger partial charge in [0, 0.05) is 12.1 Å². The molecule has 0 saturated carbocycles. The van der Waals surface area contributed by atoms with Gasteiger partial charge >= 0.3 is 0 Å². The Morgan fingerprint density at radius 3 is 2.08 bits per heavy atom. The van der Waals surface area contributed by atoms with Gasteiger partial charge in [-0.3, -0.25) is 5.41 Å². The average molecular weight is 476 g/mol. The molecule has 0 fully saturated rings. The maximum Gasteiger partial charge on any atom is 0.203 e. The van der Waals surface area contributed by atoms with Gasteiger partial charge in [-0.05, 0) is 18.4 Å². The molecule has 2 rings (SSSR count). The monoisotopic (exact) mass is 476 g/mol. The number of thioether (sulfide) groups is 1. The first-order valence-corrected chi connectivity index (χ1v) is 8.31. The molecule has 0 amide bonds. The molecule has 25 heavy (non-hydrogen) atoms. The fourth-order valence-electron chi connectivity index (χ4n) is 2.08. The molecule has 0 atom stereocenters. The number of hydrogen-bond donors (Lipinski definition) is 2. The zero-order valence-corrected chi connectivity index (χ0v) is 17.6. The summed E-state index contributed by atoms with van der Waals surface area (Å²) in [4.78, 5) is 0. The lowest BCUT2D eigenvalue weighted by molar-refractivity contribution is 0.321. The van der Waals surface area contributed by atoms with Gasteiger partial charge in [0.15, 0.2) is 22.4 Å². The van der Waals surface area contributed by atoms with E-state index in [-0.39, 0.29) is 24.0 Å². The largest absolute Gasteiger partial charge is 0.493 e. The van der Waals surface area contributed by atoms with Crippen molar-refractivity contribution < 1.29 is 18.9 Å². The van der Waals surface area contributed by atoms with E-state index in [1.165, 1.54) is 11.8 Å². The molecule has 2 N–H and O–H groups in total. The SMILES string of the molecule is COc1cc(Oc2ccccc2NC(=N)SC)cc(OC)c1OC.I. The van der Waals surface area contributed by atoms with Crippen molar-refractivity contribution >= 4 is 46.6 Å². The smallest absolute Gasteiger partial charge is 0.203 e. The Kier molecular flexibility index (Phi) is 8.70. The van der Waals surface area contributed by atoms with Crippen LogP contribution in [0.2, 0.25) is 0 Å². The van der Waals surface area contributed by atoms with E-state index < -0.39 is 0 Å². The number of anilines is 1. The van der Waals surface area contributed by atoms with Crippen molar-refractivity contribution in [1.29, 1.82) is 5.41 Å². The standard InChI is InChI=1S/C17H20N2O4S.HI/c1-20-14-9-11(10-15(21-2)16(14)22-3)23-13-8-6-5-7-12(13)19-17(18)24-4;/h5-10H,1-4H3,(H2,18,19);1H. The molecule has 0 heterocycles. The molecule has 0 unspecified atom stereocenters. The summed E-state index contributed by atoms with van der Waals surface area (Å²) >= 11 is 1.31. The summed E-state index contributed by atoms with van der Waals surface area (Å²) in [6, 6.07) is 10.8. The molecule has 0 aliphatic carbocycles. The quantitative estimate of drug-likeness (QED) is 0.354. The first-order valence-electron chi connectivity index (χ1n) is 7.09. The van der Waals surface area contributed by atoms with Gasteiger partial charge in [-0.2, -0.15) is 0 Å². The number of hydrogen-bond acceptors (Lipinski definition) is 6. The van der Waals surface area contributed by atoms with Crippen LogP contribution in [0.5, 0.6) is 28.7 Å². The predicted molar refractivity (Wildman–Crippen MR) is 113 cm³/mol. The Hall–Kier alpha value is -1.81. The number of benzene rings is 2. The van der Waals surface area contributed by atoms with E-state index in [0.717, 1.165) is 0 Å². The molecule has 2 aromatic rings. The second kappa shape index (κ2) is 10.2. The van der Waals surface area contributed by atoms with Crippen LogP contribution in [0.15, 0.2) is 36.4 Å². The van der Waals surface area contributed by atoms with E-state index in [1.807, 2.05) is 30.5 Å². The average Bonchev–Trinajstić information content (AvgIpc) is 2.62. The normalized spacial score (nSPS) is 9.60. The lowest BCUT2D eigenvalue weighted by Gasteiger charge is -2.16. The molecule has 0 aromatic heterocycles. The molecule has 0 bridgehead atoms. The van der Waals surface area contributed by atoms with E-state index in [2.05, 4.69) is 5.32 Å². The van der Waals surface area contributed by atoms with Crippen LogP contribution >= 0.6 is 35.7 Å². The Bertz CT molecular complexity index is 703. The fourth-order valence-corrected chi connectivity index (χ4v) is 2.29. The van der Waals surface area contributed by atoms with E-state index >= 15 is 0 Å². The Morgan fingerprint density at radius 2 is 1.56 bits per heavy atom. The number of rotatable bonds is 6. The number of nitrogens with one attached hydrogen (secondary N) is 2. The van der Waals surface area contributed by atoms with Gasteiger partial charge in [0.25, 0.3) is 0 Å². The summed E-state index contributed by atoms with van der Waals surface area (Å²) in [6.07, 6.45) is 1.83. The number of methoxy groups -OCH3 is 3. The molecule has 6 nitrogen and oxygen atoms in total. The topological polar surface area (TPSA) is 72.8 Å². The minimum Gasteiger partial charge on any atom is -0.493 e. The second-order valence-corrected chi connectivity index (χ2v) is 5.43. The number of amidine groups is 1. The molecule has 8 heteroatoms. The maximum absolute atomic E-state index is 7.77. The molecule has 0 aliphatic rings. The number of para-hydroxylation sites is 2. The van der Waals surface area contributed by atoms with Crippen molar-refractivity contribution in [2.75, 3.05) is 32.9 Å². The van der Waals surface area contributed by atoms with Crippen LogP contribution in [0.1, 0.15) is 0 Å². The molecular weight excluding hydrogens is 455 g/mol. The van der Waals surface area contributed by atoms with Gasteiger partial charge < -0.3 is 24.3 Å². The molecule has 0 radical (unpaired) electrons. The van der Waals surface area contributed by atoms with Gasteiger partial charge in [0.2, 0.25) is 5.75 Å². The summed E-state index contributed by atoms with van der Waals surface area (Å²) in [5.41, 5.74) is 0.700. The van der Waals surface area contributed by atoms with Gasteiger partial charge in [-0.1, -0.05) is 23.9 Å². The van der Waals surface area contributed by atoms with Crippen molar-refractivity contribution in [3.05, 3.63) is 36.4 Å². The number of ether oxygens (including phenoxy) is 4. The van der Waals surface area contributed by atoms with Crippen LogP contribution in [0.25, 0.3) is 0 Å². The minimum absolute atomic E-state index is 0. The minimum atomic E-state index is 0. The molecule has 136 valence electrons. The third-order valence-electron chi connectivity index (χ3n) is 3.21. The van der Waals surface area contributed by atoms with E-state index in [0.29, 0.717) is 39.6 Å². The zero-order chi connectivity index (χ0) is 17.5. The molecular formula is C17H21IN2O4S. The lowest BCUT2D eigenvalue weighted by Crippen LogP contribution is -2.06. The fraction of sp³-hybridized carbons (Fsp3) is 0.235. The number of halogens is 1. The summed E-state index contributed by atoms with van der Waals surface area (Å²) in [6.45, 7) is 0. The van der Waals surface area contributed by atoms with E-state index in [1.54, 1.807) is 33.5 Å². The Morgan fingerprint density at radius 1 is 0.960 bits per heavy atom. The summed E-state index contributed by atoms with van der Waals surface area (Å²) in [5.74, 6) is 2.64. The molecule has 0 saturated heterocycles. The maximum atomic E-state index is 7.77. The third-order valence-corrected chi connectivity index (χ3v) is 3.72. The molecule has 2 aromatic carbocycles. The Labute approximate surface area is 168 Å². The van der Waals surface area contributed by atoms with Gasteiger partial charge in [-0.25, -0.2) is 0 Å². The highest BCUT2D eigenvalue weighted by molar-refractivity contribution is 14.0. The van der Waals surface area contributed by atoms with Crippen LogP contribution in [0.3, 0.4) is 0 Å². The zero-order valence-electron chi connectivity index (χ0n) is 14.4. The highest BCUT2D eigenvalue weighted by Gasteiger charge is 2.15. The summed E-state index contributed by atoms with van der Waals surface area (Å²) < 4.78 is 21.9. The summed E-state index contributed by atoms with van der Waals surface area (Å²) in [7, 11) is 4.65. The lowest BCUT2D eigenvalue weighted by atomic mass is 10.2. The van der Waals surface area contributed by atoms with Crippen LogP contribution in [0, 0.1) is 5.41 Å². The van der Waals surface area contributed by atoms with Crippen molar-refractivity contribution in [1.82, 2.24) is 0 Å². The predicted octanol–water partition coefficient (Wildman–Crippen LogP) is 4.83. The van der Waals surface area contributed by atoms with Gasteiger partial charge in [0.05, 0.1) is 27.0 Å². The second-order valence-electron chi connectivity index (χ2n) is 4.62. The first kappa shape index (κ1) is 21.2. The molecule has 0 spiro atoms. The van der Waals surface area contributed by atoms with Gasteiger partial charge in [0.1, 0.15) is 5.75 Å². The third kappa shape index (κ3) is 5.33. The van der Waals surface area contributed by atoms with Crippen LogP contribution in [-0.4, -0.2) is 32.8 Å². The van der Waals surface area contributed by atoms with Crippen LogP contribution < -0.4 is 24.3 Å².